The second-order valence-electron chi connectivity index (χ2n) is 3.52. The Labute approximate surface area is 86.5 Å². The molecule has 1 N–H and O–H groups in total. The third-order valence-corrected chi connectivity index (χ3v) is 2.67. The minimum atomic E-state index is 0.595. The van der Waals surface area contributed by atoms with Crippen LogP contribution in [0.5, 0.6) is 0 Å². The van der Waals surface area contributed by atoms with Gasteiger partial charge < -0.3 is 0 Å². The topological polar surface area (TPSA) is 31.9 Å². The SMILES string of the molecule is CC.CN1CCCCC1c1cn[nH]c1. The monoisotopic (exact) mass is 195 g/mol. The van der Waals surface area contributed by atoms with Crippen LogP contribution < -0.4 is 0 Å². The number of rotatable bonds is 1. The van der Waals surface area contributed by atoms with Crippen LogP contribution in [0.1, 0.15) is 44.7 Å². The van der Waals surface area contributed by atoms with E-state index in [1.807, 2.05) is 26.2 Å². The number of nitrogens with zero attached hydrogens (tertiary/aromatic N) is 2. The summed E-state index contributed by atoms with van der Waals surface area (Å²) < 4.78 is 0. The molecular weight excluding hydrogens is 174 g/mol. The van der Waals surface area contributed by atoms with E-state index in [1.54, 1.807) is 0 Å². The van der Waals surface area contributed by atoms with E-state index in [-0.39, 0.29) is 0 Å². The van der Waals surface area contributed by atoms with Crippen LogP contribution in [0.15, 0.2) is 12.4 Å². The van der Waals surface area contributed by atoms with Gasteiger partial charge in [0.05, 0.1) is 6.20 Å². The smallest absolute Gasteiger partial charge is 0.0535 e. The van der Waals surface area contributed by atoms with E-state index in [0.29, 0.717) is 6.04 Å². The molecule has 3 heteroatoms. The first-order valence-electron chi connectivity index (χ1n) is 5.57. The van der Waals surface area contributed by atoms with Gasteiger partial charge in [-0.3, -0.25) is 10.00 Å². The highest BCUT2D eigenvalue weighted by atomic mass is 15.2. The summed E-state index contributed by atoms with van der Waals surface area (Å²) in [4.78, 5) is 2.41. The molecule has 1 fully saturated rings. The number of nitrogens with one attached hydrogen (secondary N) is 1. The van der Waals surface area contributed by atoms with Gasteiger partial charge in [-0.25, -0.2) is 0 Å². The highest BCUT2D eigenvalue weighted by molar-refractivity contribution is 5.10. The zero-order chi connectivity index (χ0) is 10.4. The first-order chi connectivity index (χ1) is 6.88. The minimum absolute atomic E-state index is 0.595. The number of hydrogen-bond acceptors (Lipinski definition) is 2. The predicted octanol–water partition coefficient (Wildman–Crippen LogP) is 2.59. The van der Waals surface area contributed by atoms with Gasteiger partial charge in [0.1, 0.15) is 0 Å². The molecule has 0 radical (unpaired) electrons. The quantitative estimate of drug-likeness (QED) is 0.747. The average Bonchev–Trinajstić information content (AvgIpc) is 2.75. The number of aromatic nitrogens is 2. The van der Waals surface area contributed by atoms with Gasteiger partial charge in [-0.15, -0.1) is 0 Å². The Balaban J connectivity index is 0.000000461. The van der Waals surface area contributed by atoms with Gasteiger partial charge in [0.15, 0.2) is 0 Å². The van der Waals surface area contributed by atoms with E-state index in [1.165, 1.54) is 31.4 Å². The number of hydrogen-bond donors (Lipinski definition) is 1. The number of piperidine rings is 1. The molecular formula is C11H21N3. The summed E-state index contributed by atoms with van der Waals surface area (Å²) in [7, 11) is 2.19. The molecule has 1 aliphatic heterocycles. The Morgan fingerprint density at radius 2 is 2.21 bits per heavy atom. The van der Waals surface area contributed by atoms with Gasteiger partial charge in [0.25, 0.3) is 0 Å². The van der Waals surface area contributed by atoms with Crippen molar-refractivity contribution in [2.75, 3.05) is 13.6 Å². The summed E-state index contributed by atoms with van der Waals surface area (Å²) in [5, 5.41) is 6.85. The number of likely N-dealkylation sites (tertiary alicyclic amines) is 1. The van der Waals surface area contributed by atoms with Crippen LogP contribution in [0, 0.1) is 0 Å². The van der Waals surface area contributed by atoms with Gasteiger partial charge in [0, 0.05) is 17.8 Å². The molecule has 2 heterocycles. The lowest BCUT2D eigenvalue weighted by atomic mass is 9.98. The van der Waals surface area contributed by atoms with E-state index in [9.17, 15) is 0 Å². The van der Waals surface area contributed by atoms with Crippen molar-refractivity contribution in [3.63, 3.8) is 0 Å². The Kier molecular flexibility index (Phi) is 4.66. The molecule has 0 aliphatic carbocycles. The molecule has 1 unspecified atom stereocenters. The molecule has 1 atom stereocenters. The highest BCUT2D eigenvalue weighted by Gasteiger charge is 2.20. The Bertz CT molecular complexity index is 231. The fourth-order valence-electron chi connectivity index (χ4n) is 1.94. The minimum Gasteiger partial charge on any atom is -0.299 e. The van der Waals surface area contributed by atoms with Gasteiger partial charge in [-0.1, -0.05) is 20.3 Å². The Morgan fingerprint density at radius 3 is 2.79 bits per heavy atom. The molecule has 0 aromatic carbocycles. The predicted molar refractivity (Wildman–Crippen MR) is 59.2 cm³/mol. The summed E-state index contributed by atoms with van der Waals surface area (Å²) in [5.41, 5.74) is 1.33. The van der Waals surface area contributed by atoms with Gasteiger partial charge in [-0.05, 0) is 26.4 Å². The van der Waals surface area contributed by atoms with Crippen LogP contribution in [0.4, 0.5) is 0 Å². The van der Waals surface area contributed by atoms with Gasteiger partial charge in [0.2, 0.25) is 0 Å². The van der Waals surface area contributed by atoms with Crippen molar-refractivity contribution in [1.82, 2.24) is 15.1 Å². The molecule has 1 saturated heterocycles. The molecule has 80 valence electrons. The Morgan fingerprint density at radius 1 is 1.43 bits per heavy atom. The first-order valence-corrected chi connectivity index (χ1v) is 5.57. The molecule has 0 bridgehead atoms. The molecule has 1 aromatic heterocycles. The van der Waals surface area contributed by atoms with Crippen molar-refractivity contribution in [2.45, 2.75) is 39.2 Å². The lowest BCUT2D eigenvalue weighted by molar-refractivity contribution is 0.187. The fraction of sp³-hybridized carbons (Fsp3) is 0.727. The van der Waals surface area contributed by atoms with E-state index in [4.69, 9.17) is 0 Å². The molecule has 0 amide bonds. The highest BCUT2D eigenvalue weighted by Crippen LogP contribution is 2.28. The molecule has 1 aliphatic rings. The van der Waals surface area contributed by atoms with E-state index < -0.39 is 0 Å². The van der Waals surface area contributed by atoms with Crippen molar-refractivity contribution in [2.24, 2.45) is 0 Å². The zero-order valence-corrected chi connectivity index (χ0v) is 9.45. The Hall–Kier alpha value is -0.830. The molecule has 0 saturated carbocycles. The van der Waals surface area contributed by atoms with Crippen LogP contribution in [-0.2, 0) is 0 Å². The maximum absolute atomic E-state index is 3.98. The van der Waals surface area contributed by atoms with Crippen molar-refractivity contribution >= 4 is 0 Å². The van der Waals surface area contributed by atoms with Crippen molar-refractivity contribution < 1.29 is 0 Å². The van der Waals surface area contributed by atoms with Crippen LogP contribution in [0.3, 0.4) is 0 Å². The van der Waals surface area contributed by atoms with Gasteiger partial charge >= 0.3 is 0 Å². The second kappa shape index (κ2) is 5.81. The number of H-pyrrole nitrogens is 1. The summed E-state index contributed by atoms with van der Waals surface area (Å²) >= 11 is 0. The summed E-state index contributed by atoms with van der Waals surface area (Å²) in [5.74, 6) is 0. The van der Waals surface area contributed by atoms with Crippen molar-refractivity contribution in [1.29, 1.82) is 0 Å². The normalized spacial score (nSPS) is 22.6. The largest absolute Gasteiger partial charge is 0.299 e. The maximum atomic E-state index is 3.98. The lowest BCUT2D eigenvalue weighted by Crippen LogP contribution is -2.29. The molecule has 0 spiro atoms. The van der Waals surface area contributed by atoms with Crippen molar-refractivity contribution in [3.05, 3.63) is 18.0 Å². The van der Waals surface area contributed by atoms with E-state index >= 15 is 0 Å². The summed E-state index contributed by atoms with van der Waals surface area (Å²) in [6.45, 7) is 5.22. The summed E-state index contributed by atoms with van der Waals surface area (Å²) in [6, 6.07) is 0.595. The number of aromatic amines is 1. The van der Waals surface area contributed by atoms with E-state index in [2.05, 4.69) is 22.1 Å². The molecule has 3 nitrogen and oxygen atoms in total. The fourth-order valence-corrected chi connectivity index (χ4v) is 1.94. The first kappa shape index (κ1) is 11.2. The molecule has 14 heavy (non-hydrogen) atoms. The van der Waals surface area contributed by atoms with Crippen LogP contribution in [-0.4, -0.2) is 28.7 Å². The van der Waals surface area contributed by atoms with Gasteiger partial charge in [-0.2, -0.15) is 5.10 Å². The average molecular weight is 195 g/mol. The van der Waals surface area contributed by atoms with E-state index in [0.717, 1.165) is 0 Å². The third kappa shape index (κ3) is 2.58. The van der Waals surface area contributed by atoms with Crippen LogP contribution >= 0.6 is 0 Å². The lowest BCUT2D eigenvalue weighted by Gasteiger charge is -2.31. The molecule has 2 rings (SSSR count). The zero-order valence-electron chi connectivity index (χ0n) is 9.45. The molecule has 1 aromatic rings. The maximum Gasteiger partial charge on any atom is 0.0535 e. The second-order valence-corrected chi connectivity index (χ2v) is 3.52. The standard InChI is InChI=1S/C9H15N3.C2H6/c1-12-5-3-2-4-9(12)8-6-10-11-7-8;1-2/h6-7,9H,2-5H2,1H3,(H,10,11);1-2H3. The van der Waals surface area contributed by atoms with Crippen LogP contribution in [0.25, 0.3) is 0 Å². The van der Waals surface area contributed by atoms with Crippen molar-refractivity contribution in [3.8, 4) is 0 Å². The third-order valence-electron chi connectivity index (χ3n) is 2.67. The van der Waals surface area contributed by atoms with Crippen LogP contribution in [0.2, 0.25) is 0 Å². The summed E-state index contributed by atoms with van der Waals surface area (Å²) in [6.07, 6.45) is 7.90.